The van der Waals surface area contributed by atoms with E-state index < -0.39 is 6.10 Å². The van der Waals surface area contributed by atoms with Crippen LogP contribution in [-0.2, 0) is 6.54 Å². The molecule has 0 amide bonds. The molecule has 3 rings (SSSR count). The van der Waals surface area contributed by atoms with E-state index in [0.717, 1.165) is 56.1 Å². The molecule has 27 heavy (non-hydrogen) atoms. The highest BCUT2D eigenvalue weighted by atomic mass is 16.5. The van der Waals surface area contributed by atoms with Gasteiger partial charge in [0.05, 0.1) is 0 Å². The predicted molar refractivity (Wildman–Crippen MR) is 109 cm³/mol. The zero-order valence-corrected chi connectivity index (χ0v) is 16.9. The first-order valence-corrected chi connectivity index (χ1v) is 10.1. The first kappa shape index (κ1) is 19.9. The second-order valence-electron chi connectivity index (χ2n) is 8.06. The molecule has 0 radical (unpaired) electrons. The topological polar surface area (TPSA) is 38.3 Å². The van der Waals surface area contributed by atoms with Gasteiger partial charge in [-0.25, -0.2) is 0 Å². The van der Waals surface area contributed by atoms with Crippen molar-refractivity contribution in [1.82, 2.24) is 0 Å². The molecule has 1 atom stereocenters. The lowest BCUT2D eigenvalue weighted by atomic mass is 10.1. The van der Waals surface area contributed by atoms with Crippen molar-refractivity contribution >= 4 is 0 Å². The highest BCUT2D eigenvalue weighted by Crippen LogP contribution is 2.24. The molecule has 0 unspecified atom stereocenters. The number of hydrogen-bond donors (Lipinski definition) is 3. The number of aryl methyl sites for hydroxylation is 3. The third kappa shape index (κ3) is 5.80. The fraction of sp³-hybridized carbons (Fsp3) is 0.478. The van der Waals surface area contributed by atoms with Crippen molar-refractivity contribution in [2.75, 3.05) is 39.3 Å². The van der Waals surface area contributed by atoms with Gasteiger partial charge >= 0.3 is 0 Å². The van der Waals surface area contributed by atoms with Gasteiger partial charge < -0.3 is 19.6 Å². The maximum Gasteiger partial charge on any atom is 0.137 e. The number of quaternary nitrogens is 2. The predicted octanol–water partition coefficient (Wildman–Crippen LogP) is 0.335. The van der Waals surface area contributed by atoms with Crippen LogP contribution >= 0.6 is 0 Å². The van der Waals surface area contributed by atoms with Crippen molar-refractivity contribution in [2.45, 2.75) is 33.4 Å². The Labute approximate surface area is 163 Å². The van der Waals surface area contributed by atoms with E-state index >= 15 is 0 Å². The Balaban J connectivity index is 1.41. The van der Waals surface area contributed by atoms with E-state index in [1.165, 1.54) is 16.0 Å². The standard InChI is InChI=1S/C23H32N2O2/c1-18-13-19(2)23(20(3)14-18)27-17-22(26)16-25-11-9-24(10-12-25)15-21-7-5-4-6-8-21/h4-8,13-14,22,26H,9-12,15-17H2,1-3H3/p+2/t22-/m1/s1. The summed E-state index contributed by atoms with van der Waals surface area (Å²) in [6.07, 6.45) is -0.421. The van der Waals surface area contributed by atoms with Crippen LogP contribution in [0.2, 0.25) is 0 Å². The smallest absolute Gasteiger partial charge is 0.137 e. The van der Waals surface area contributed by atoms with Gasteiger partial charge in [0.25, 0.3) is 0 Å². The van der Waals surface area contributed by atoms with E-state index in [1.54, 1.807) is 4.90 Å². The number of nitrogens with one attached hydrogen (secondary N) is 2. The van der Waals surface area contributed by atoms with Gasteiger partial charge in [-0.15, -0.1) is 0 Å². The van der Waals surface area contributed by atoms with Gasteiger partial charge in [-0.2, -0.15) is 0 Å². The lowest BCUT2D eigenvalue weighted by Gasteiger charge is -2.30. The van der Waals surface area contributed by atoms with E-state index in [-0.39, 0.29) is 0 Å². The number of aliphatic hydroxyl groups is 1. The highest BCUT2D eigenvalue weighted by Gasteiger charge is 2.25. The van der Waals surface area contributed by atoms with Crippen LogP contribution in [0.3, 0.4) is 0 Å². The second-order valence-corrected chi connectivity index (χ2v) is 8.06. The number of benzene rings is 2. The van der Waals surface area contributed by atoms with Gasteiger partial charge in [-0.05, 0) is 31.9 Å². The van der Waals surface area contributed by atoms with Gasteiger partial charge in [0.1, 0.15) is 57.7 Å². The first-order chi connectivity index (χ1) is 13.0. The van der Waals surface area contributed by atoms with E-state index in [9.17, 15) is 5.11 Å². The van der Waals surface area contributed by atoms with E-state index in [0.29, 0.717) is 6.61 Å². The van der Waals surface area contributed by atoms with Gasteiger partial charge in [0, 0.05) is 5.56 Å². The molecule has 4 heteroatoms. The third-order valence-electron chi connectivity index (χ3n) is 5.51. The number of hydrogen-bond acceptors (Lipinski definition) is 2. The molecule has 3 N–H and O–H groups in total. The summed E-state index contributed by atoms with van der Waals surface area (Å²) in [7, 11) is 0. The van der Waals surface area contributed by atoms with Crippen LogP contribution in [0.5, 0.6) is 5.75 Å². The molecule has 2 aromatic carbocycles. The molecule has 0 bridgehead atoms. The molecule has 1 heterocycles. The number of rotatable bonds is 7. The molecule has 0 aliphatic carbocycles. The molecule has 0 aromatic heterocycles. The Morgan fingerprint density at radius 3 is 2.15 bits per heavy atom. The maximum absolute atomic E-state index is 10.4. The van der Waals surface area contributed by atoms with Crippen LogP contribution in [-0.4, -0.2) is 50.5 Å². The number of ether oxygens (including phenoxy) is 1. The summed E-state index contributed by atoms with van der Waals surface area (Å²) in [6, 6.07) is 15.0. The first-order valence-electron chi connectivity index (χ1n) is 10.1. The normalized spacial score (nSPS) is 21.0. The zero-order valence-electron chi connectivity index (χ0n) is 16.9. The summed E-state index contributed by atoms with van der Waals surface area (Å²) >= 11 is 0. The monoisotopic (exact) mass is 370 g/mol. The van der Waals surface area contributed by atoms with Crippen LogP contribution in [0.4, 0.5) is 0 Å². The van der Waals surface area contributed by atoms with Crippen LogP contribution in [0, 0.1) is 20.8 Å². The van der Waals surface area contributed by atoms with Gasteiger partial charge in [-0.1, -0.05) is 48.0 Å². The fourth-order valence-corrected chi connectivity index (χ4v) is 4.19. The Kier molecular flexibility index (Phi) is 6.89. The molecule has 146 valence electrons. The molecule has 4 nitrogen and oxygen atoms in total. The van der Waals surface area contributed by atoms with Crippen molar-refractivity contribution < 1.29 is 19.6 Å². The molecular weight excluding hydrogens is 336 g/mol. The molecule has 0 saturated carbocycles. The minimum absolute atomic E-state index is 0.370. The second kappa shape index (κ2) is 9.36. The summed E-state index contributed by atoms with van der Waals surface area (Å²) < 4.78 is 5.96. The van der Waals surface area contributed by atoms with Crippen molar-refractivity contribution in [3.8, 4) is 5.75 Å². The quantitative estimate of drug-likeness (QED) is 0.658. The molecule has 2 aromatic rings. The number of aliphatic hydroxyl groups excluding tert-OH is 1. The van der Waals surface area contributed by atoms with E-state index in [2.05, 4.69) is 63.2 Å². The van der Waals surface area contributed by atoms with Crippen molar-refractivity contribution in [2.24, 2.45) is 0 Å². The summed E-state index contributed by atoms with van der Waals surface area (Å²) in [5.74, 6) is 0.923. The Hall–Kier alpha value is -1.88. The average Bonchev–Trinajstić information content (AvgIpc) is 2.63. The minimum Gasteiger partial charge on any atom is -0.490 e. The summed E-state index contributed by atoms with van der Waals surface area (Å²) in [5.41, 5.74) is 4.95. The molecule has 1 aliphatic rings. The van der Waals surface area contributed by atoms with Crippen LogP contribution < -0.4 is 14.5 Å². The van der Waals surface area contributed by atoms with Crippen LogP contribution in [0.25, 0.3) is 0 Å². The Morgan fingerprint density at radius 1 is 0.926 bits per heavy atom. The van der Waals surface area contributed by atoms with E-state index in [4.69, 9.17) is 4.74 Å². The Bertz CT molecular complexity index is 701. The van der Waals surface area contributed by atoms with Gasteiger partial charge in [-0.3, -0.25) is 0 Å². The molecule has 1 saturated heterocycles. The van der Waals surface area contributed by atoms with Crippen LogP contribution in [0.1, 0.15) is 22.3 Å². The molecule has 0 spiro atoms. The van der Waals surface area contributed by atoms with Gasteiger partial charge in [0.2, 0.25) is 0 Å². The maximum atomic E-state index is 10.4. The third-order valence-corrected chi connectivity index (χ3v) is 5.51. The Morgan fingerprint density at radius 2 is 1.52 bits per heavy atom. The molecule has 1 fully saturated rings. The summed E-state index contributed by atoms with van der Waals surface area (Å²) in [6.45, 7) is 13.0. The van der Waals surface area contributed by atoms with E-state index in [1.807, 2.05) is 0 Å². The average molecular weight is 371 g/mol. The SMILES string of the molecule is Cc1cc(C)c(OC[C@H](O)C[NH+]2CC[NH+](Cc3ccccc3)CC2)c(C)c1. The van der Waals surface area contributed by atoms with Crippen molar-refractivity contribution in [3.63, 3.8) is 0 Å². The lowest BCUT2D eigenvalue weighted by molar-refractivity contribution is -1.02. The van der Waals surface area contributed by atoms with Crippen LogP contribution in [0.15, 0.2) is 42.5 Å². The largest absolute Gasteiger partial charge is 0.490 e. The minimum atomic E-state index is -0.421. The fourth-order valence-electron chi connectivity index (χ4n) is 4.19. The lowest BCUT2D eigenvalue weighted by Crippen LogP contribution is -3.28. The molecular formula is C23H34N2O2+2. The van der Waals surface area contributed by atoms with Gasteiger partial charge in [0.15, 0.2) is 0 Å². The zero-order chi connectivity index (χ0) is 19.2. The number of piperazine rings is 1. The highest BCUT2D eigenvalue weighted by molar-refractivity contribution is 5.42. The molecule has 1 aliphatic heterocycles. The van der Waals surface area contributed by atoms with Crippen molar-refractivity contribution in [3.05, 3.63) is 64.7 Å². The van der Waals surface area contributed by atoms with Crippen molar-refractivity contribution in [1.29, 1.82) is 0 Å². The summed E-state index contributed by atoms with van der Waals surface area (Å²) in [4.78, 5) is 3.13. The summed E-state index contributed by atoms with van der Waals surface area (Å²) in [5, 5.41) is 10.4.